The summed E-state index contributed by atoms with van der Waals surface area (Å²) in [4.78, 5) is 14.1. The Kier molecular flexibility index (Phi) is 4.83. The number of nitrogens with zero attached hydrogens (tertiary/aromatic N) is 3. The van der Waals surface area contributed by atoms with Crippen LogP contribution in [0.5, 0.6) is 0 Å². The highest BCUT2D eigenvalue weighted by atomic mass is 32.2. The smallest absolute Gasteiger partial charge is 0.246 e. The van der Waals surface area contributed by atoms with Crippen molar-refractivity contribution in [2.75, 3.05) is 12.8 Å². The van der Waals surface area contributed by atoms with Crippen molar-refractivity contribution in [1.29, 1.82) is 0 Å². The summed E-state index contributed by atoms with van der Waals surface area (Å²) < 4.78 is 37.0. The fourth-order valence-electron chi connectivity index (χ4n) is 4.12. The predicted octanol–water partition coefficient (Wildman–Crippen LogP) is 3.73. The van der Waals surface area contributed by atoms with Crippen molar-refractivity contribution in [3.05, 3.63) is 77.4 Å². The first kappa shape index (κ1) is 19.8. The maximum atomic E-state index is 13.5. The SMILES string of the molecule is CS(=O)(=O)c1ncc2c(n1)CCN(Cc1c(-c3ccc(F)cc3)[nH]c3ccccc13)C2. The summed E-state index contributed by atoms with van der Waals surface area (Å²) in [6.07, 6.45) is 3.41. The Hall–Kier alpha value is -3.10. The maximum Gasteiger partial charge on any atom is 0.246 e. The van der Waals surface area contributed by atoms with E-state index in [4.69, 9.17) is 0 Å². The number of H-pyrrole nitrogens is 1. The minimum absolute atomic E-state index is 0.116. The molecule has 0 saturated carbocycles. The zero-order valence-electron chi connectivity index (χ0n) is 17.0. The Labute approximate surface area is 179 Å². The largest absolute Gasteiger partial charge is 0.354 e. The molecule has 8 heteroatoms. The molecule has 1 aliphatic rings. The predicted molar refractivity (Wildman–Crippen MR) is 117 cm³/mol. The Morgan fingerprint density at radius 3 is 2.68 bits per heavy atom. The minimum Gasteiger partial charge on any atom is -0.354 e. The van der Waals surface area contributed by atoms with Crippen LogP contribution in [0.1, 0.15) is 16.8 Å². The summed E-state index contributed by atoms with van der Waals surface area (Å²) in [6, 6.07) is 14.7. The lowest BCUT2D eigenvalue weighted by Gasteiger charge is -2.28. The zero-order chi connectivity index (χ0) is 21.6. The van der Waals surface area contributed by atoms with Crippen LogP contribution in [-0.2, 0) is 29.3 Å². The molecular formula is C23H21FN4O2S. The van der Waals surface area contributed by atoms with Crippen molar-refractivity contribution in [3.63, 3.8) is 0 Å². The molecule has 0 unspecified atom stereocenters. The summed E-state index contributed by atoms with van der Waals surface area (Å²) in [5, 5.41) is 1.02. The van der Waals surface area contributed by atoms with Gasteiger partial charge in [0, 0.05) is 55.0 Å². The van der Waals surface area contributed by atoms with Gasteiger partial charge in [0.1, 0.15) is 5.82 Å². The van der Waals surface area contributed by atoms with Crippen LogP contribution in [0.3, 0.4) is 0 Å². The van der Waals surface area contributed by atoms with Crippen molar-refractivity contribution in [3.8, 4) is 11.3 Å². The van der Waals surface area contributed by atoms with E-state index in [1.807, 2.05) is 18.2 Å². The molecule has 158 valence electrons. The van der Waals surface area contributed by atoms with Gasteiger partial charge in [0.2, 0.25) is 15.0 Å². The number of aromatic nitrogens is 3. The monoisotopic (exact) mass is 436 g/mol. The summed E-state index contributed by atoms with van der Waals surface area (Å²) in [5.74, 6) is -0.262. The van der Waals surface area contributed by atoms with Gasteiger partial charge < -0.3 is 4.98 Å². The highest BCUT2D eigenvalue weighted by Crippen LogP contribution is 2.32. The Morgan fingerprint density at radius 2 is 1.90 bits per heavy atom. The van der Waals surface area contributed by atoms with Crippen LogP contribution < -0.4 is 0 Å². The van der Waals surface area contributed by atoms with Gasteiger partial charge in [-0.1, -0.05) is 18.2 Å². The molecule has 31 heavy (non-hydrogen) atoms. The lowest BCUT2D eigenvalue weighted by molar-refractivity contribution is 0.243. The number of benzene rings is 2. The first-order valence-electron chi connectivity index (χ1n) is 10.0. The number of rotatable bonds is 4. The number of para-hydroxylation sites is 1. The summed E-state index contributed by atoms with van der Waals surface area (Å²) in [5.41, 5.74) is 5.85. The fourth-order valence-corrected chi connectivity index (χ4v) is 4.64. The van der Waals surface area contributed by atoms with E-state index in [0.717, 1.165) is 51.8 Å². The third-order valence-corrected chi connectivity index (χ3v) is 6.51. The Bertz CT molecular complexity index is 1380. The molecule has 0 atom stereocenters. The van der Waals surface area contributed by atoms with Crippen molar-refractivity contribution >= 4 is 20.7 Å². The Morgan fingerprint density at radius 1 is 1.13 bits per heavy atom. The van der Waals surface area contributed by atoms with E-state index in [0.29, 0.717) is 19.5 Å². The van der Waals surface area contributed by atoms with E-state index in [1.54, 1.807) is 18.3 Å². The molecule has 0 aliphatic carbocycles. The van der Waals surface area contributed by atoms with Crippen LogP contribution in [0.4, 0.5) is 4.39 Å². The highest BCUT2D eigenvalue weighted by Gasteiger charge is 2.23. The average molecular weight is 437 g/mol. The van der Waals surface area contributed by atoms with Gasteiger partial charge in [-0.25, -0.2) is 22.8 Å². The molecule has 2 aromatic heterocycles. The molecule has 3 heterocycles. The van der Waals surface area contributed by atoms with E-state index in [9.17, 15) is 12.8 Å². The topological polar surface area (TPSA) is 79.0 Å². The van der Waals surface area contributed by atoms with Gasteiger partial charge in [0.15, 0.2) is 0 Å². The van der Waals surface area contributed by atoms with E-state index >= 15 is 0 Å². The molecule has 0 spiro atoms. The molecule has 0 radical (unpaired) electrons. The first-order chi connectivity index (χ1) is 14.9. The van der Waals surface area contributed by atoms with Crippen molar-refractivity contribution < 1.29 is 12.8 Å². The molecule has 0 amide bonds. The molecule has 0 bridgehead atoms. The quantitative estimate of drug-likeness (QED) is 0.493. The number of fused-ring (bicyclic) bond motifs is 2. The second-order valence-electron chi connectivity index (χ2n) is 7.89. The van der Waals surface area contributed by atoms with Crippen molar-refractivity contribution in [1.82, 2.24) is 19.9 Å². The van der Waals surface area contributed by atoms with Crippen LogP contribution in [0.25, 0.3) is 22.2 Å². The second-order valence-corrected chi connectivity index (χ2v) is 9.80. The average Bonchev–Trinajstić information content (AvgIpc) is 3.11. The molecule has 4 aromatic rings. The number of aromatic amines is 1. The molecule has 5 rings (SSSR count). The van der Waals surface area contributed by atoms with Gasteiger partial charge in [0.25, 0.3) is 0 Å². The minimum atomic E-state index is -3.42. The van der Waals surface area contributed by atoms with Crippen molar-refractivity contribution in [2.24, 2.45) is 0 Å². The summed E-state index contributed by atoms with van der Waals surface area (Å²) >= 11 is 0. The van der Waals surface area contributed by atoms with Gasteiger partial charge >= 0.3 is 0 Å². The number of halogens is 1. The fraction of sp³-hybridized carbons (Fsp3) is 0.217. The standard InChI is InChI=1S/C23H21FN4O2S/c1-31(29,30)23-25-12-16-13-28(11-10-20(16)27-23)14-19-18-4-2-3-5-21(18)26-22(19)15-6-8-17(24)9-7-15/h2-9,12,26H,10-11,13-14H2,1H3. The molecular weight excluding hydrogens is 415 g/mol. The lowest BCUT2D eigenvalue weighted by Crippen LogP contribution is -2.31. The summed E-state index contributed by atoms with van der Waals surface area (Å²) in [6.45, 7) is 2.10. The number of hydrogen-bond donors (Lipinski definition) is 1. The third kappa shape index (κ3) is 3.84. The lowest BCUT2D eigenvalue weighted by atomic mass is 10.0. The van der Waals surface area contributed by atoms with Gasteiger partial charge in [-0.05, 0) is 41.5 Å². The summed E-state index contributed by atoms with van der Waals surface area (Å²) in [7, 11) is -3.42. The van der Waals surface area contributed by atoms with Crippen LogP contribution in [-0.4, -0.2) is 41.1 Å². The van der Waals surface area contributed by atoms with Crippen LogP contribution in [0.2, 0.25) is 0 Å². The van der Waals surface area contributed by atoms with Crippen LogP contribution in [0, 0.1) is 5.82 Å². The molecule has 1 N–H and O–H groups in total. The van der Waals surface area contributed by atoms with E-state index < -0.39 is 9.84 Å². The van der Waals surface area contributed by atoms with Crippen LogP contribution >= 0.6 is 0 Å². The van der Waals surface area contributed by atoms with Gasteiger partial charge in [0.05, 0.1) is 11.4 Å². The highest BCUT2D eigenvalue weighted by molar-refractivity contribution is 7.90. The maximum absolute atomic E-state index is 13.5. The van der Waals surface area contributed by atoms with Gasteiger partial charge in [-0.15, -0.1) is 0 Å². The van der Waals surface area contributed by atoms with Gasteiger partial charge in [-0.2, -0.15) is 0 Å². The molecule has 6 nitrogen and oxygen atoms in total. The molecule has 2 aromatic carbocycles. The molecule has 0 fully saturated rings. The number of sulfone groups is 1. The van der Waals surface area contributed by atoms with Crippen molar-refractivity contribution in [2.45, 2.75) is 24.7 Å². The van der Waals surface area contributed by atoms with E-state index in [2.05, 4.69) is 25.9 Å². The molecule has 1 aliphatic heterocycles. The first-order valence-corrected chi connectivity index (χ1v) is 11.9. The normalized spacial score (nSPS) is 14.6. The second kappa shape index (κ2) is 7.55. The number of nitrogens with one attached hydrogen (secondary N) is 1. The van der Waals surface area contributed by atoms with E-state index in [-0.39, 0.29) is 11.0 Å². The number of hydrogen-bond acceptors (Lipinski definition) is 5. The third-order valence-electron chi connectivity index (χ3n) is 5.65. The zero-order valence-corrected chi connectivity index (χ0v) is 17.8. The molecule has 0 saturated heterocycles. The van der Waals surface area contributed by atoms with Gasteiger partial charge in [-0.3, -0.25) is 4.90 Å². The van der Waals surface area contributed by atoms with Crippen LogP contribution in [0.15, 0.2) is 59.9 Å². The Balaban J connectivity index is 1.48. The van der Waals surface area contributed by atoms with E-state index in [1.165, 1.54) is 12.1 Å².